The number of carbonyl (C=O) groups excluding carboxylic acids is 2. The largest absolute Gasteiger partial charge is 0.360 e. The molecule has 162 valence electrons. The molecule has 0 bridgehead atoms. The molecular weight excluding hydrogens is 410 g/mol. The van der Waals surface area contributed by atoms with E-state index in [2.05, 4.69) is 32.3 Å². The molecule has 1 aromatic carbocycles. The molecule has 2 heterocycles. The fraction of sp³-hybridized carbons (Fsp3) is 0.421. The number of sulfonamides is 1. The van der Waals surface area contributed by atoms with Gasteiger partial charge in [-0.3, -0.25) is 19.2 Å². The molecule has 1 aliphatic rings. The highest BCUT2D eigenvalue weighted by Crippen LogP contribution is 2.18. The Labute approximate surface area is 175 Å². The number of likely N-dealkylation sites (N-methyl/N-ethyl adjacent to an activating group) is 1. The fourth-order valence-electron chi connectivity index (χ4n) is 3.35. The maximum absolute atomic E-state index is 12.4. The number of hydrogen-bond acceptors (Lipinski definition) is 7. The Balaban J connectivity index is 1.54. The molecule has 2 aromatic rings. The summed E-state index contributed by atoms with van der Waals surface area (Å²) >= 11 is 0. The number of rotatable bonds is 7. The molecule has 0 saturated carbocycles. The minimum atomic E-state index is -3.86. The number of hydrogen-bond donors (Lipinski definition) is 3. The maximum Gasteiger partial charge on any atom is 0.313 e. The smallest absolute Gasteiger partial charge is 0.313 e. The molecule has 1 aliphatic heterocycles. The number of amides is 2. The number of benzene rings is 1. The van der Waals surface area contributed by atoms with E-state index in [0.29, 0.717) is 18.0 Å². The zero-order valence-corrected chi connectivity index (χ0v) is 17.7. The van der Waals surface area contributed by atoms with E-state index in [1.54, 1.807) is 6.92 Å². The van der Waals surface area contributed by atoms with Crippen molar-refractivity contribution in [2.75, 3.05) is 29.7 Å². The van der Waals surface area contributed by atoms with Crippen molar-refractivity contribution < 1.29 is 22.5 Å². The molecule has 1 aromatic heterocycles. The maximum atomic E-state index is 12.4. The molecular formula is C19H25N5O5S. The Bertz CT molecular complexity index is 1000. The molecule has 30 heavy (non-hydrogen) atoms. The van der Waals surface area contributed by atoms with Crippen LogP contribution in [0.15, 0.2) is 39.8 Å². The lowest BCUT2D eigenvalue weighted by Gasteiger charge is -2.22. The summed E-state index contributed by atoms with van der Waals surface area (Å²) in [5.41, 5.74) is 0.308. The van der Waals surface area contributed by atoms with Gasteiger partial charge in [0.25, 0.3) is 10.0 Å². The van der Waals surface area contributed by atoms with Gasteiger partial charge in [0.1, 0.15) is 5.76 Å². The summed E-state index contributed by atoms with van der Waals surface area (Å²) in [6.45, 7) is 6.05. The van der Waals surface area contributed by atoms with Crippen molar-refractivity contribution in [1.82, 2.24) is 15.4 Å². The average Bonchev–Trinajstić information content (AvgIpc) is 3.34. The lowest BCUT2D eigenvalue weighted by atomic mass is 10.2. The molecule has 10 nitrogen and oxygen atoms in total. The van der Waals surface area contributed by atoms with Crippen LogP contribution in [0.3, 0.4) is 0 Å². The van der Waals surface area contributed by atoms with Crippen LogP contribution in [0.25, 0.3) is 0 Å². The van der Waals surface area contributed by atoms with Gasteiger partial charge in [-0.15, -0.1) is 0 Å². The second kappa shape index (κ2) is 9.26. The van der Waals surface area contributed by atoms with Crippen LogP contribution in [0.2, 0.25) is 0 Å². The van der Waals surface area contributed by atoms with Gasteiger partial charge in [-0.25, -0.2) is 8.42 Å². The molecule has 1 fully saturated rings. The Kier molecular flexibility index (Phi) is 6.73. The third-order valence-electron chi connectivity index (χ3n) is 4.90. The summed E-state index contributed by atoms with van der Waals surface area (Å²) in [6, 6.07) is 7.15. The normalized spacial score (nSPS) is 16.9. The van der Waals surface area contributed by atoms with Gasteiger partial charge in [-0.1, -0.05) is 12.1 Å². The first-order chi connectivity index (χ1) is 14.3. The molecule has 0 spiro atoms. The summed E-state index contributed by atoms with van der Waals surface area (Å²) in [4.78, 5) is 26.4. The second-order valence-corrected chi connectivity index (χ2v) is 8.72. The van der Waals surface area contributed by atoms with Gasteiger partial charge in [0.05, 0.1) is 4.90 Å². The van der Waals surface area contributed by atoms with E-state index >= 15 is 0 Å². The third-order valence-corrected chi connectivity index (χ3v) is 6.27. The van der Waals surface area contributed by atoms with E-state index in [9.17, 15) is 18.0 Å². The Morgan fingerprint density at radius 3 is 2.60 bits per heavy atom. The van der Waals surface area contributed by atoms with Crippen molar-refractivity contribution in [3.05, 3.63) is 36.1 Å². The van der Waals surface area contributed by atoms with E-state index in [0.717, 1.165) is 25.9 Å². The van der Waals surface area contributed by atoms with Gasteiger partial charge in [0.15, 0.2) is 5.82 Å². The van der Waals surface area contributed by atoms with E-state index in [1.165, 1.54) is 30.3 Å². The number of likely N-dealkylation sites (tertiary alicyclic amines) is 1. The van der Waals surface area contributed by atoms with Gasteiger partial charge < -0.3 is 15.2 Å². The highest BCUT2D eigenvalue weighted by molar-refractivity contribution is 7.92. The molecule has 1 saturated heterocycles. The number of nitrogens with one attached hydrogen (secondary N) is 3. The van der Waals surface area contributed by atoms with E-state index < -0.39 is 21.8 Å². The standard InChI is InChI=1S/C19H25N5O5S/c1-3-24-10-4-5-15(24)12-20-18(25)19(26)21-14-6-8-16(9-7-14)30(27,28)23-17-11-13(2)29-22-17/h6-9,11,15H,3-5,10,12H2,1-2H3,(H,20,25)(H,21,26)(H,22,23). The molecule has 1 unspecified atom stereocenters. The first-order valence-electron chi connectivity index (χ1n) is 9.68. The third kappa shape index (κ3) is 5.36. The zero-order chi connectivity index (χ0) is 21.7. The van der Waals surface area contributed by atoms with Gasteiger partial charge in [-0.2, -0.15) is 0 Å². The van der Waals surface area contributed by atoms with Crippen molar-refractivity contribution in [1.29, 1.82) is 0 Å². The summed E-state index contributed by atoms with van der Waals surface area (Å²) in [5.74, 6) is -0.981. The van der Waals surface area contributed by atoms with Crippen LogP contribution in [0, 0.1) is 6.92 Å². The van der Waals surface area contributed by atoms with Crippen LogP contribution in [-0.2, 0) is 19.6 Å². The minimum absolute atomic E-state index is 0.0218. The average molecular weight is 436 g/mol. The number of carbonyl (C=O) groups is 2. The Hall–Kier alpha value is -2.92. The van der Waals surface area contributed by atoms with Gasteiger partial charge >= 0.3 is 11.8 Å². The quantitative estimate of drug-likeness (QED) is 0.559. The lowest BCUT2D eigenvalue weighted by Crippen LogP contribution is -2.43. The number of anilines is 2. The van der Waals surface area contributed by atoms with Crippen molar-refractivity contribution >= 4 is 33.3 Å². The first kappa shape index (κ1) is 21.8. The van der Waals surface area contributed by atoms with Crippen molar-refractivity contribution in [3.63, 3.8) is 0 Å². The van der Waals surface area contributed by atoms with Crippen molar-refractivity contribution in [2.24, 2.45) is 0 Å². The van der Waals surface area contributed by atoms with Crippen LogP contribution in [-0.4, -0.2) is 56.0 Å². The number of aryl methyl sites for hydroxylation is 1. The van der Waals surface area contributed by atoms with Gasteiger partial charge in [0.2, 0.25) is 0 Å². The fourth-order valence-corrected chi connectivity index (χ4v) is 4.33. The molecule has 3 rings (SSSR count). The predicted molar refractivity (Wildman–Crippen MR) is 110 cm³/mol. The SMILES string of the molecule is CCN1CCCC1CNC(=O)C(=O)Nc1ccc(S(=O)(=O)Nc2cc(C)on2)cc1. The topological polar surface area (TPSA) is 134 Å². The molecule has 11 heteroatoms. The summed E-state index contributed by atoms with van der Waals surface area (Å²) in [6.07, 6.45) is 2.08. The van der Waals surface area contributed by atoms with Crippen molar-refractivity contribution in [3.8, 4) is 0 Å². The molecule has 0 radical (unpaired) electrons. The first-order valence-corrected chi connectivity index (χ1v) is 11.2. The van der Waals surface area contributed by atoms with Crippen molar-refractivity contribution in [2.45, 2.75) is 37.6 Å². The predicted octanol–water partition coefficient (Wildman–Crippen LogP) is 1.32. The van der Waals surface area contributed by atoms with Gasteiger partial charge in [-0.05, 0) is 57.1 Å². The van der Waals surface area contributed by atoms with Crippen LogP contribution in [0.1, 0.15) is 25.5 Å². The molecule has 3 N–H and O–H groups in total. The number of nitrogens with zero attached hydrogens (tertiary/aromatic N) is 2. The van der Waals surface area contributed by atoms with Crippen LogP contribution in [0.4, 0.5) is 11.5 Å². The summed E-state index contributed by atoms with van der Waals surface area (Å²) in [7, 11) is -3.86. The zero-order valence-electron chi connectivity index (χ0n) is 16.8. The molecule has 1 atom stereocenters. The van der Waals surface area contributed by atoms with Crippen LogP contribution < -0.4 is 15.4 Å². The van der Waals surface area contributed by atoms with E-state index in [-0.39, 0.29) is 16.8 Å². The number of aromatic nitrogens is 1. The van der Waals surface area contributed by atoms with Crippen LogP contribution in [0.5, 0.6) is 0 Å². The summed E-state index contributed by atoms with van der Waals surface area (Å²) in [5, 5.41) is 8.72. The summed E-state index contributed by atoms with van der Waals surface area (Å²) < 4.78 is 31.9. The monoisotopic (exact) mass is 435 g/mol. The second-order valence-electron chi connectivity index (χ2n) is 7.04. The van der Waals surface area contributed by atoms with Gasteiger partial charge in [0, 0.05) is 24.3 Å². The Morgan fingerprint density at radius 1 is 1.23 bits per heavy atom. The minimum Gasteiger partial charge on any atom is -0.360 e. The molecule has 0 aliphatic carbocycles. The highest BCUT2D eigenvalue weighted by Gasteiger charge is 2.24. The van der Waals surface area contributed by atoms with Crippen LogP contribution >= 0.6 is 0 Å². The molecule has 2 amide bonds. The van der Waals surface area contributed by atoms with E-state index in [1.807, 2.05) is 0 Å². The Morgan fingerprint density at radius 2 is 1.97 bits per heavy atom. The highest BCUT2D eigenvalue weighted by atomic mass is 32.2. The van der Waals surface area contributed by atoms with E-state index in [4.69, 9.17) is 4.52 Å². The lowest BCUT2D eigenvalue weighted by molar-refractivity contribution is -0.136.